The quantitative estimate of drug-likeness (QED) is 0.575. The number of aromatic nitrogens is 2. The maximum atomic E-state index is 12.3. The molecule has 0 fully saturated rings. The first-order valence-corrected chi connectivity index (χ1v) is 7.54. The molecule has 0 saturated carbocycles. The van der Waals surface area contributed by atoms with Gasteiger partial charge in [-0.1, -0.05) is 18.2 Å². The molecule has 0 bridgehead atoms. The lowest BCUT2D eigenvalue weighted by atomic mass is 10.2. The Bertz CT molecular complexity index is 877. The molecule has 0 saturated heterocycles. The standard InChI is InChI=1S/C15H15N5OS/c1-9(12-8-22-15(16)17-12)18-19-14(21)11-7-20(2)13-6-4-3-5-10(11)13/h3-8H,1-2H3,(H2,16,17)(H,19,21)/b18-9+. The second-order valence-electron chi connectivity index (χ2n) is 4.88. The van der Waals surface area contributed by atoms with Gasteiger partial charge in [-0.05, 0) is 13.0 Å². The first kappa shape index (κ1) is 14.3. The number of nitrogen functional groups attached to an aromatic ring is 1. The van der Waals surface area contributed by atoms with Crippen LogP contribution in [0.1, 0.15) is 23.0 Å². The first-order chi connectivity index (χ1) is 10.6. The summed E-state index contributed by atoms with van der Waals surface area (Å²) in [6.07, 6.45) is 1.80. The molecular weight excluding hydrogens is 298 g/mol. The number of nitrogens with zero attached hydrogens (tertiary/aromatic N) is 3. The van der Waals surface area contributed by atoms with Gasteiger partial charge in [-0.25, -0.2) is 10.4 Å². The number of hydrogen-bond donors (Lipinski definition) is 2. The van der Waals surface area contributed by atoms with E-state index >= 15 is 0 Å². The Labute approximate surface area is 131 Å². The molecule has 2 aromatic heterocycles. The number of nitrogens with two attached hydrogens (primary N) is 1. The van der Waals surface area contributed by atoms with Crippen LogP contribution in [0.15, 0.2) is 40.9 Å². The average Bonchev–Trinajstić information content (AvgIpc) is 3.09. The zero-order chi connectivity index (χ0) is 15.7. The summed E-state index contributed by atoms with van der Waals surface area (Å²) in [6.45, 7) is 1.78. The lowest BCUT2D eigenvalue weighted by Crippen LogP contribution is -2.19. The van der Waals surface area contributed by atoms with E-state index in [2.05, 4.69) is 15.5 Å². The zero-order valence-corrected chi connectivity index (χ0v) is 13.0. The minimum Gasteiger partial charge on any atom is -0.375 e. The number of anilines is 1. The summed E-state index contributed by atoms with van der Waals surface area (Å²) in [7, 11) is 1.91. The fraction of sp³-hybridized carbons (Fsp3) is 0.133. The maximum absolute atomic E-state index is 12.3. The van der Waals surface area contributed by atoms with Crippen LogP contribution in [0.2, 0.25) is 0 Å². The van der Waals surface area contributed by atoms with Crippen LogP contribution in [-0.4, -0.2) is 21.2 Å². The second-order valence-corrected chi connectivity index (χ2v) is 5.77. The second kappa shape index (κ2) is 5.61. The Balaban J connectivity index is 1.85. The number of carbonyl (C=O) groups excluding carboxylic acids is 1. The highest BCUT2D eigenvalue weighted by molar-refractivity contribution is 7.13. The van der Waals surface area contributed by atoms with Crippen molar-refractivity contribution in [3.63, 3.8) is 0 Å². The summed E-state index contributed by atoms with van der Waals surface area (Å²) in [5.74, 6) is -0.251. The fourth-order valence-corrected chi connectivity index (χ4v) is 2.84. The maximum Gasteiger partial charge on any atom is 0.273 e. The third-order valence-electron chi connectivity index (χ3n) is 3.36. The number of para-hydroxylation sites is 1. The van der Waals surface area contributed by atoms with Crippen molar-refractivity contribution in [2.45, 2.75) is 6.92 Å². The average molecular weight is 313 g/mol. The molecule has 112 valence electrons. The van der Waals surface area contributed by atoms with Crippen LogP contribution in [0.3, 0.4) is 0 Å². The fourth-order valence-electron chi connectivity index (χ4n) is 2.23. The van der Waals surface area contributed by atoms with Crippen molar-refractivity contribution in [1.82, 2.24) is 15.0 Å². The van der Waals surface area contributed by atoms with Gasteiger partial charge in [0.25, 0.3) is 5.91 Å². The summed E-state index contributed by atoms with van der Waals surface area (Å²) in [5.41, 5.74) is 11.0. The lowest BCUT2D eigenvalue weighted by molar-refractivity contribution is 0.0956. The topological polar surface area (TPSA) is 85.3 Å². The van der Waals surface area contributed by atoms with Crippen molar-refractivity contribution in [1.29, 1.82) is 0 Å². The van der Waals surface area contributed by atoms with E-state index in [0.29, 0.717) is 22.1 Å². The molecule has 0 aliphatic rings. The van der Waals surface area contributed by atoms with Crippen LogP contribution >= 0.6 is 11.3 Å². The molecular formula is C15H15N5OS. The third kappa shape index (κ3) is 2.58. The van der Waals surface area contributed by atoms with Crippen molar-refractivity contribution in [3.05, 3.63) is 47.1 Å². The van der Waals surface area contributed by atoms with E-state index in [1.54, 1.807) is 18.5 Å². The van der Waals surface area contributed by atoms with Gasteiger partial charge in [0.1, 0.15) is 0 Å². The van der Waals surface area contributed by atoms with Gasteiger partial charge in [0, 0.05) is 29.5 Å². The van der Waals surface area contributed by atoms with Crippen LogP contribution in [0.5, 0.6) is 0 Å². The highest BCUT2D eigenvalue weighted by atomic mass is 32.1. The molecule has 7 heteroatoms. The molecule has 0 unspecified atom stereocenters. The molecule has 0 aliphatic heterocycles. The largest absolute Gasteiger partial charge is 0.375 e. The summed E-state index contributed by atoms with van der Waals surface area (Å²) < 4.78 is 1.92. The van der Waals surface area contributed by atoms with Crippen LogP contribution in [0, 0.1) is 0 Å². The van der Waals surface area contributed by atoms with Gasteiger partial charge in [-0.3, -0.25) is 4.79 Å². The molecule has 2 heterocycles. The van der Waals surface area contributed by atoms with E-state index in [1.165, 1.54) is 11.3 Å². The van der Waals surface area contributed by atoms with Gasteiger partial charge in [0.2, 0.25) is 0 Å². The Morgan fingerprint density at radius 1 is 1.41 bits per heavy atom. The van der Waals surface area contributed by atoms with Crippen molar-refractivity contribution in [2.75, 3.05) is 5.73 Å². The van der Waals surface area contributed by atoms with Gasteiger partial charge in [-0.2, -0.15) is 5.10 Å². The monoisotopic (exact) mass is 313 g/mol. The Morgan fingerprint density at radius 3 is 2.91 bits per heavy atom. The van der Waals surface area contributed by atoms with E-state index in [4.69, 9.17) is 5.73 Å². The first-order valence-electron chi connectivity index (χ1n) is 6.66. The Morgan fingerprint density at radius 2 is 2.18 bits per heavy atom. The van der Waals surface area contributed by atoms with Crippen molar-refractivity contribution in [2.24, 2.45) is 12.1 Å². The van der Waals surface area contributed by atoms with Crippen molar-refractivity contribution >= 4 is 39.0 Å². The molecule has 3 aromatic rings. The number of amides is 1. The number of carbonyl (C=O) groups is 1. The van der Waals surface area contributed by atoms with E-state index in [1.807, 2.05) is 35.9 Å². The number of fused-ring (bicyclic) bond motifs is 1. The van der Waals surface area contributed by atoms with E-state index in [9.17, 15) is 4.79 Å². The van der Waals surface area contributed by atoms with E-state index in [-0.39, 0.29) is 5.91 Å². The van der Waals surface area contributed by atoms with Gasteiger partial charge in [0.15, 0.2) is 5.13 Å². The molecule has 3 rings (SSSR count). The number of hydrogen-bond acceptors (Lipinski definition) is 5. The molecule has 22 heavy (non-hydrogen) atoms. The molecule has 0 spiro atoms. The van der Waals surface area contributed by atoms with Crippen LogP contribution < -0.4 is 11.2 Å². The number of nitrogens with one attached hydrogen (secondary N) is 1. The van der Waals surface area contributed by atoms with Crippen LogP contribution in [0.25, 0.3) is 10.9 Å². The Kier molecular flexibility index (Phi) is 3.64. The summed E-state index contributed by atoms with van der Waals surface area (Å²) in [6, 6.07) is 7.74. The van der Waals surface area contributed by atoms with Crippen LogP contribution in [0.4, 0.5) is 5.13 Å². The van der Waals surface area contributed by atoms with Gasteiger partial charge in [0.05, 0.1) is 17.0 Å². The molecule has 0 aliphatic carbocycles. The normalized spacial score (nSPS) is 11.8. The van der Waals surface area contributed by atoms with E-state index in [0.717, 1.165) is 10.9 Å². The number of thiazole rings is 1. The highest BCUT2D eigenvalue weighted by Gasteiger charge is 2.13. The number of hydrazone groups is 1. The zero-order valence-electron chi connectivity index (χ0n) is 12.2. The minimum atomic E-state index is -0.251. The molecule has 1 aromatic carbocycles. The number of aryl methyl sites for hydroxylation is 1. The number of rotatable bonds is 3. The van der Waals surface area contributed by atoms with Crippen molar-refractivity contribution < 1.29 is 4.79 Å². The molecule has 1 amide bonds. The summed E-state index contributed by atoms with van der Waals surface area (Å²) in [4.78, 5) is 16.5. The van der Waals surface area contributed by atoms with Crippen molar-refractivity contribution in [3.8, 4) is 0 Å². The summed E-state index contributed by atoms with van der Waals surface area (Å²) in [5, 5.41) is 7.27. The lowest BCUT2D eigenvalue weighted by Gasteiger charge is -2.00. The Hall–Kier alpha value is -2.67. The highest BCUT2D eigenvalue weighted by Crippen LogP contribution is 2.20. The summed E-state index contributed by atoms with van der Waals surface area (Å²) >= 11 is 1.34. The SMILES string of the molecule is C/C(=N\NC(=O)c1cn(C)c2ccccc12)c1csc(N)n1. The van der Waals surface area contributed by atoms with Crippen LogP contribution in [-0.2, 0) is 7.05 Å². The molecule has 0 radical (unpaired) electrons. The predicted molar refractivity (Wildman–Crippen MR) is 89.1 cm³/mol. The van der Waals surface area contributed by atoms with Gasteiger partial charge in [-0.15, -0.1) is 11.3 Å². The number of benzene rings is 1. The molecule has 0 atom stereocenters. The smallest absolute Gasteiger partial charge is 0.273 e. The predicted octanol–water partition coefficient (Wildman–Crippen LogP) is 2.37. The van der Waals surface area contributed by atoms with E-state index < -0.39 is 0 Å². The molecule has 3 N–H and O–H groups in total. The molecule has 6 nitrogen and oxygen atoms in total. The third-order valence-corrected chi connectivity index (χ3v) is 4.03. The van der Waals surface area contributed by atoms with Gasteiger partial charge >= 0.3 is 0 Å². The van der Waals surface area contributed by atoms with Gasteiger partial charge < -0.3 is 10.3 Å². The minimum absolute atomic E-state index is 0.251.